The van der Waals surface area contributed by atoms with Crippen molar-refractivity contribution < 1.29 is 9.53 Å². The van der Waals surface area contributed by atoms with Gasteiger partial charge in [-0.3, -0.25) is 4.79 Å². The monoisotopic (exact) mass is 312 g/mol. The summed E-state index contributed by atoms with van der Waals surface area (Å²) < 4.78 is 4.94. The molecule has 0 N–H and O–H groups in total. The van der Waals surface area contributed by atoms with E-state index in [2.05, 4.69) is 68.5 Å². The molecule has 0 saturated heterocycles. The van der Waals surface area contributed by atoms with E-state index in [1.54, 1.807) is 0 Å². The Morgan fingerprint density at radius 1 is 1.05 bits per heavy atom. The maximum atomic E-state index is 11.9. The standard InChI is InChI=1S/C19H24O2Si/c1-15-10-12-16(13-11-15)18(14-19(20)21-2)22(3,4)17-8-6-5-7-9-17/h5-13,18H,14H2,1-4H3/t18-/m1/s1. The molecule has 0 saturated carbocycles. The van der Waals surface area contributed by atoms with Crippen LogP contribution in [0.3, 0.4) is 0 Å². The molecule has 2 nitrogen and oxygen atoms in total. The molecule has 2 rings (SSSR count). The average molecular weight is 312 g/mol. The van der Waals surface area contributed by atoms with Crippen molar-refractivity contribution in [1.29, 1.82) is 0 Å². The van der Waals surface area contributed by atoms with Crippen molar-refractivity contribution in [3.63, 3.8) is 0 Å². The van der Waals surface area contributed by atoms with Crippen LogP contribution in [0, 0.1) is 6.92 Å². The van der Waals surface area contributed by atoms with Gasteiger partial charge in [-0.2, -0.15) is 0 Å². The fraction of sp³-hybridized carbons (Fsp3) is 0.316. The van der Waals surface area contributed by atoms with Gasteiger partial charge in [-0.15, -0.1) is 0 Å². The summed E-state index contributed by atoms with van der Waals surface area (Å²) in [5.74, 6) is -0.137. The number of carbonyl (C=O) groups excluding carboxylic acids is 1. The Hall–Kier alpha value is -1.87. The second-order valence-corrected chi connectivity index (χ2v) is 11.0. The fourth-order valence-electron chi connectivity index (χ4n) is 2.91. The van der Waals surface area contributed by atoms with Crippen LogP contribution in [-0.2, 0) is 9.53 Å². The van der Waals surface area contributed by atoms with E-state index in [1.807, 2.05) is 6.07 Å². The summed E-state index contributed by atoms with van der Waals surface area (Å²) in [6.45, 7) is 6.74. The highest BCUT2D eigenvalue weighted by Gasteiger charge is 2.36. The number of carbonyl (C=O) groups is 1. The summed E-state index contributed by atoms with van der Waals surface area (Å²) in [5, 5.41) is 1.37. The molecule has 22 heavy (non-hydrogen) atoms. The molecule has 0 bridgehead atoms. The number of methoxy groups -OCH3 is 1. The van der Waals surface area contributed by atoms with Crippen molar-refractivity contribution >= 4 is 19.2 Å². The molecule has 116 valence electrons. The highest BCUT2D eigenvalue weighted by Crippen LogP contribution is 2.31. The van der Waals surface area contributed by atoms with Gasteiger partial charge in [0.1, 0.15) is 0 Å². The van der Waals surface area contributed by atoms with Crippen molar-refractivity contribution in [2.45, 2.75) is 32.0 Å². The lowest BCUT2D eigenvalue weighted by atomic mass is 10.1. The van der Waals surface area contributed by atoms with Crippen molar-refractivity contribution in [3.8, 4) is 0 Å². The zero-order valence-corrected chi connectivity index (χ0v) is 14.8. The molecular weight excluding hydrogens is 288 g/mol. The maximum absolute atomic E-state index is 11.9. The highest BCUT2D eigenvalue weighted by atomic mass is 28.3. The van der Waals surface area contributed by atoms with Crippen LogP contribution >= 0.6 is 0 Å². The topological polar surface area (TPSA) is 26.3 Å². The van der Waals surface area contributed by atoms with Crippen molar-refractivity contribution in [3.05, 3.63) is 65.7 Å². The molecule has 0 spiro atoms. The number of benzene rings is 2. The molecule has 0 aliphatic heterocycles. The molecule has 2 aromatic carbocycles. The van der Waals surface area contributed by atoms with Crippen molar-refractivity contribution in [2.75, 3.05) is 7.11 Å². The minimum Gasteiger partial charge on any atom is -0.469 e. The molecule has 0 aromatic heterocycles. The van der Waals surface area contributed by atoms with Gasteiger partial charge in [0.15, 0.2) is 0 Å². The molecule has 0 radical (unpaired) electrons. The first-order chi connectivity index (χ1) is 10.4. The number of rotatable bonds is 5. The first kappa shape index (κ1) is 16.5. The maximum Gasteiger partial charge on any atom is 0.305 e. The van der Waals surface area contributed by atoms with Gasteiger partial charge in [0.2, 0.25) is 0 Å². The first-order valence-electron chi connectivity index (χ1n) is 7.64. The van der Waals surface area contributed by atoms with E-state index in [9.17, 15) is 4.79 Å². The Morgan fingerprint density at radius 2 is 1.64 bits per heavy atom. The summed E-state index contributed by atoms with van der Waals surface area (Å²) in [6.07, 6.45) is 0.438. The Balaban J connectivity index is 2.43. The van der Waals surface area contributed by atoms with E-state index in [0.29, 0.717) is 6.42 Å². The molecule has 0 unspecified atom stereocenters. The number of ether oxygens (including phenoxy) is 1. The molecular formula is C19H24O2Si. The summed E-state index contributed by atoms with van der Waals surface area (Å²) in [6, 6.07) is 19.1. The molecule has 0 aliphatic carbocycles. The second-order valence-electron chi connectivity index (χ2n) is 6.33. The van der Waals surface area contributed by atoms with Gasteiger partial charge in [-0.25, -0.2) is 0 Å². The first-order valence-corrected chi connectivity index (χ1v) is 10.7. The van der Waals surface area contributed by atoms with Crippen LogP contribution in [0.15, 0.2) is 54.6 Å². The number of hydrogen-bond acceptors (Lipinski definition) is 2. The fourth-order valence-corrected chi connectivity index (χ4v) is 6.06. The van der Waals surface area contributed by atoms with Gasteiger partial charge in [0.05, 0.1) is 21.6 Å². The Kier molecular flexibility index (Phi) is 5.19. The van der Waals surface area contributed by atoms with E-state index in [-0.39, 0.29) is 11.5 Å². The number of aryl methyl sites for hydroxylation is 1. The van der Waals surface area contributed by atoms with Gasteiger partial charge < -0.3 is 4.74 Å². The van der Waals surface area contributed by atoms with Gasteiger partial charge in [0.25, 0.3) is 0 Å². The second kappa shape index (κ2) is 6.92. The van der Waals surface area contributed by atoms with E-state index in [4.69, 9.17) is 4.74 Å². The number of esters is 1. The van der Waals surface area contributed by atoms with Crippen LogP contribution in [0.5, 0.6) is 0 Å². The number of hydrogen-bond donors (Lipinski definition) is 0. The zero-order valence-electron chi connectivity index (χ0n) is 13.8. The van der Waals surface area contributed by atoms with Crippen molar-refractivity contribution in [2.24, 2.45) is 0 Å². The lowest BCUT2D eigenvalue weighted by Crippen LogP contribution is -2.48. The van der Waals surface area contributed by atoms with Crippen LogP contribution in [0.4, 0.5) is 0 Å². The molecule has 0 heterocycles. The average Bonchev–Trinajstić information content (AvgIpc) is 2.54. The van der Waals surface area contributed by atoms with Crippen LogP contribution < -0.4 is 5.19 Å². The van der Waals surface area contributed by atoms with Gasteiger partial charge in [-0.05, 0) is 18.0 Å². The van der Waals surface area contributed by atoms with Crippen LogP contribution in [-0.4, -0.2) is 21.2 Å². The Bertz CT molecular complexity index is 618. The summed E-state index contributed by atoms with van der Waals surface area (Å²) in [4.78, 5) is 11.9. The smallest absolute Gasteiger partial charge is 0.305 e. The molecule has 0 amide bonds. The molecule has 3 heteroatoms. The zero-order chi connectivity index (χ0) is 16.2. The molecule has 2 aromatic rings. The largest absolute Gasteiger partial charge is 0.469 e. The van der Waals surface area contributed by atoms with Gasteiger partial charge in [-0.1, -0.05) is 78.4 Å². The van der Waals surface area contributed by atoms with E-state index in [1.165, 1.54) is 23.4 Å². The lowest BCUT2D eigenvalue weighted by Gasteiger charge is -2.33. The summed E-state index contributed by atoms with van der Waals surface area (Å²) in [5.41, 5.74) is 2.68. The third kappa shape index (κ3) is 3.66. The summed E-state index contributed by atoms with van der Waals surface area (Å²) in [7, 11) is -0.383. The summed E-state index contributed by atoms with van der Waals surface area (Å²) >= 11 is 0. The van der Waals surface area contributed by atoms with E-state index in [0.717, 1.165) is 0 Å². The SMILES string of the molecule is COC(=O)C[C@H](c1ccc(C)cc1)[Si](C)(C)c1ccccc1. The molecule has 0 fully saturated rings. The third-order valence-electron chi connectivity index (χ3n) is 4.47. The predicted molar refractivity (Wildman–Crippen MR) is 94.1 cm³/mol. The van der Waals surface area contributed by atoms with Crippen LogP contribution in [0.1, 0.15) is 23.1 Å². The Morgan fingerprint density at radius 3 is 2.18 bits per heavy atom. The molecule has 1 atom stereocenters. The normalized spacial score (nSPS) is 12.7. The highest BCUT2D eigenvalue weighted by molar-refractivity contribution is 6.91. The van der Waals surface area contributed by atoms with Crippen LogP contribution in [0.25, 0.3) is 0 Å². The van der Waals surface area contributed by atoms with Crippen molar-refractivity contribution in [1.82, 2.24) is 0 Å². The third-order valence-corrected chi connectivity index (χ3v) is 8.57. The minimum absolute atomic E-state index is 0.137. The predicted octanol–water partition coefficient (Wildman–Crippen LogP) is 3.80. The lowest BCUT2D eigenvalue weighted by molar-refractivity contribution is -0.140. The van der Waals surface area contributed by atoms with E-state index >= 15 is 0 Å². The van der Waals surface area contributed by atoms with Gasteiger partial charge in [0, 0.05) is 0 Å². The quantitative estimate of drug-likeness (QED) is 0.620. The van der Waals surface area contributed by atoms with Gasteiger partial charge >= 0.3 is 5.97 Å². The Labute approximate surface area is 134 Å². The molecule has 0 aliphatic rings. The van der Waals surface area contributed by atoms with Crippen LogP contribution in [0.2, 0.25) is 13.1 Å². The van der Waals surface area contributed by atoms with E-state index < -0.39 is 8.07 Å². The minimum atomic E-state index is -1.85.